The molecule has 0 radical (unpaired) electrons. The summed E-state index contributed by atoms with van der Waals surface area (Å²) in [5.41, 5.74) is 4.85. The molecule has 16 heavy (non-hydrogen) atoms. The van der Waals surface area contributed by atoms with Crippen LogP contribution >= 0.6 is 0 Å². The first kappa shape index (κ1) is 10.9. The molecule has 2 rings (SSSR count). The molecule has 0 amide bonds. The van der Waals surface area contributed by atoms with E-state index in [0.29, 0.717) is 0 Å². The molecule has 0 bridgehead atoms. The monoisotopic (exact) mass is 220 g/mol. The second-order valence-electron chi connectivity index (χ2n) is 3.67. The standard InChI is InChI=1S/C11H16N4O/c1-3-9-8(7-15(2)14-9)11(13-12)10-5-4-6-16-10/h4-7,11,13H,3,12H2,1-2H3. The lowest BCUT2D eigenvalue weighted by molar-refractivity contribution is 0.451. The second kappa shape index (κ2) is 4.51. The van der Waals surface area contributed by atoms with E-state index in [0.717, 1.165) is 23.4 Å². The topological polar surface area (TPSA) is 69.0 Å². The Morgan fingerprint density at radius 2 is 2.44 bits per heavy atom. The fourth-order valence-electron chi connectivity index (χ4n) is 1.85. The summed E-state index contributed by atoms with van der Waals surface area (Å²) in [6, 6.07) is 3.61. The Balaban J connectivity index is 2.40. The van der Waals surface area contributed by atoms with Crippen molar-refractivity contribution in [3.63, 3.8) is 0 Å². The minimum Gasteiger partial charge on any atom is -0.467 e. The third-order valence-electron chi connectivity index (χ3n) is 2.58. The predicted molar refractivity (Wildman–Crippen MR) is 60.5 cm³/mol. The van der Waals surface area contributed by atoms with Crippen LogP contribution in [0.3, 0.4) is 0 Å². The van der Waals surface area contributed by atoms with Gasteiger partial charge in [-0.15, -0.1) is 0 Å². The van der Waals surface area contributed by atoms with E-state index in [1.807, 2.05) is 25.4 Å². The molecule has 0 saturated carbocycles. The number of hydrogen-bond donors (Lipinski definition) is 2. The van der Waals surface area contributed by atoms with Crippen LogP contribution in [0.1, 0.15) is 30.0 Å². The normalized spacial score (nSPS) is 12.9. The molecular formula is C11H16N4O. The summed E-state index contributed by atoms with van der Waals surface area (Å²) in [4.78, 5) is 0. The molecule has 0 aliphatic carbocycles. The first-order valence-electron chi connectivity index (χ1n) is 5.28. The third-order valence-corrected chi connectivity index (χ3v) is 2.58. The van der Waals surface area contributed by atoms with Gasteiger partial charge in [0.25, 0.3) is 0 Å². The minimum atomic E-state index is -0.140. The van der Waals surface area contributed by atoms with Crippen molar-refractivity contribution in [1.29, 1.82) is 0 Å². The van der Waals surface area contributed by atoms with Gasteiger partial charge in [-0.3, -0.25) is 10.5 Å². The summed E-state index contributed by atoms with van der Waals surface area (Å²) in [6.07, 6.45) is 4.47. The van der Waals surface area contributed by atoms with Crippen molar-refractivity contribution in [2.24, 2.45) is 12.9 Å². The maximum Gasteiger partial charge on any atom is 0.126 e. The summed E-state index contributed by atoms with van der Waals surface area (Å²) in [6.45, 7) is 2.07. The van der Waals surface area contributed by atoms with Crippen molar-refractivity contribution in [3.8, 4) is 0 Å². The number of aryl methyl sites for hydroxylation is 2. The van der Waals surface area contributed by atoms with Gasteiger partial charge in [-0.25, -0.2) is 5.43 Å². The molecule has 0 aliphatic heterocycles. The van der Waals surface area contributed by atoms with E-state index >= 15 is 0 Å². The van der Waals surface area contributed by atoms with E-state index in [1.54, 1.807) is 10.9 Å². The molecule has 2 heterocycles. The molecule has 0 fully saturated rings. The quantitative estimate of drug-likeness (QED) is 0.598. The van der Waals surface area contributed by atoms with E-state index in [4.69, 9.17) is 10.3 Å². The highest BCUT2D eigenvalue weighted by molar-refractivity contribution is 5.28. The molecule has 0 aromatic carbocycles. The Morgan fingerprint density at radius 1 is 1.62 bits per heavy atom. The first-order valence-corrected chi connectivity index (χ1v) is 5.28. The lowest BCUT2D eigenvalue weighted by Crippen LogP contribution is -2.28. The van der Waals surface area contributed by atoms with E-state index in [9.17, 15) is 0 Å². The van der Waals surface area contributed by atoms with Crippen molar-refractivity contribution in [3.05, 3.63) is 41.6 Å². The van der Waals surface area contributed by atoms with Gasteiger partial charge < -0.3 is 4.42 Å². The van der Waals surface area contributed by atoms with Crippen LogP contribution in [0.4, 0.5) is 0 Å². The van der Waals surface area contributed by atoms with Gasteiger partial charge in [0.1, 0.15) is 11.8 Å². The summed E-state index contributed by atoms with van der Waals surface area (Å²) in [5.74, 6) is 6.38. The average molecular weight is 220 g/mol. The lowest BCUT2D eigenvalue weighted by Gasteiger charge is -2.12. The SMILES string of the molecule is CCc1nn(C)cc1C(NN)c1ccco1. The molecule has 5 nitrogen and oxygen atoms in total. The van der Waals surface area contributed by atoms with Crippen molar-refractivity contribution in [2.75, 3.05) is 0 Å². The predicted octanol–water partition coefficient (Wildman–Crippen LogP) is 1.13. The molecule has 2 aromatic rings. The number of aromatic nitrogens is 2. The van der Waals surface area contributed by atoms with Crippen LogP contribution in [0.25, 0.3) is 0 Å². The van der Waals surface area contributed by atoms with Crippen LogP contribution in [-0.2, 0) is 13.5 Å². The van der Waals surface area contributed by atoms with E-state index in [-0.39, 0.29) is 6.04 Å². The molecule has 1 unspecified atom stereocenters. The highest BCUT2D eigenvalue weighted by atomic mass is 16.3. The van der Waals surface area contributed by atoms with Crippen LogP contribution in [0.5, 0.6) is 0 Å². The van der Waals surface area contributed by atoms with Gasteiger partial charge in [0.2, 0.25) is 0 Å². The zero-order valence-corrected chi connectivity index (χ0v) is 9.47. The van der Waals surface area contributed by atoms with Crippen LogP contribution in [0.2, 0.25) is 0 Å². The molecule has 0 saturated heterocycles. The number of hydrogen-bond acceptors (Lipinski definition) is 4. The summed E-state index contributed by atoms with van der Waals surface area (Å²) in [7, 11) is 1.90. The number of rotatable bonds is 4. The van der Waals surface area contributed by atoms with Gasteiger partial charge >= 0.3 is 0 Å². The molecule has 86 valence electrons. The molecule has 2 aromatic heterocycles. The van der Waals surface area contributed by atoms with E-state index < -0.39 is 0 Å². The van der Waals surface area contributed by atoms with Crippen LogP contribution < -0.4 is 11.3 Å². The Bertz CT molecular complexity index is 447. The minimum absolute atomic E-state index is 0.140. The van der Waals surface area contributed by atoms with Crippen molar-refractivity contribution in [1.82, 2.24) is 15.2 Å². The highest BCUT2D eigenvalue weighted by Gasteiger charge is 2.20. The fourth-order valence-corrected chi connectivity index (χ4v) is 1.85. The number of furan rings is 1. The number of nitrogens with zero attached hydrogens (tertiary/aromatic N) is 2. The maximum absolute atomic E-state index is 5.58. The summed E-state index contributed by atoms with van der Waals surface area (Å²) < 4.78 is 7.16. The third kappa shape index (κ3) is 1.87. The molecule has 5 heteroatoms. The zero-order chi connectivity index (χ0) is 11.5. The molecule has 1 atom stereocenters. The van der Waals surface area contributed by atoms with Crippen LogP contribution in [0.15, 0.2) is 29.0 Å². The Hall–Kier alpha value is -1.59. The Kier molecular flexibility index (Phi) is 3.07. The summed E-state index contributed by atoms with van der Waals surface area (Å²) >= 11 is 0. The molecule has 3 N–H and O–H groups in total. The Morgan fingerprint density at radius 3 is 3.00 bits per heavy atom. The van der Waals surface area contributed by atoms with Gasteiger partial charge in [-0.05, 0) is 18.6 Å². The zero-order valence-electron chi connectivity index (χ0n) is 9.47. The van der Waals surface area contributed by atoms with Crippen LogP contribution in [-0.4, -0.2) is 9.78 Å². The maximum atomic E-state index is 5.58. The van der Waals surface area contributed by atoms with Gasteiger partial charge in [-0.2, -0.15) is 5.10 Å². The lowest BCUT2D eigenvalue weighted by atomic mass is 10.0. The van der Waals surface area contributed by atoms with Crippen molar-refractivity contribution < 1.29 is 4.42 Å². The number of nitrogens with two attached hydrogens (primary N) is 1. The number of hydrazine groups is 1. The molecule has 0 spiro atoms. The van der Waals surface area contributed by atoms with Gasteiger partial charge in [0.15, 0.2) is 0 Å². The summed E-state index contributed by atoms with van der Waals surface area (Å²) in [5, 5.41) is 4.39. The van der Waals surface area contributed by atoms with Crippen molar-refractivity contribution in [2.45, 2.75) is 19.4 Å². The Labute approximate surface area is 94.2 Å². The molecule has 0 aliphatic rings. The number of nitrogens with one attached hydrogen (secondary N) is 1. The van der Waals surface area contributed by atoms with Gasteiger partial charge in [0, 0.05) is 18.8 Å². The largest absolute Gasteiger partial charge is 0.467 e. The first-order chi connectivity index (χ1) is 7.76. The van der Waals surface area contributed by atoms with Gasteiger partial charge in [0.05, 0.1) is 12.0 Å². The van der Waals surface area contributed by atoms with E-state index in [2.05, 4.69) is 17.4 Å². The van der Waals surface area contributed by atoms with Crippen LogP contribution in [0, 0.1) is 0 Å². The smallest absolute Gasteiger partial charge is 0.126 e. The van der Waals surface area contributed by atoms with E-state index in [1.165, 1.54) is 0 Å². The van der Waals surface area contributed by atoms with Gasteiger partial charge in [-0.1, -0.05) is 6.92 Å². The average Bonchev–Trinajstić information content (AvgIpc) is 2.89. The highest BCUT2D eigenvalue weighted by Crippen LogP contribution is 2.24. The molecular weight excluding hydrogens is 204 g/mol. The van der Waals surface area contributed by atoms with Crippen molar-refractivity contribution >= 4 is 0 Å². The second-order valence-corrected chi connectivity index (χ2v) is 3.67. The fraction of sp³-hybridized carbons (Fsp3) is 0.364.